The first kappa shape index (κ1) is 21.6. The fourth-order valence-corrected chi connectivity index (χ4v) is 2.62. The quantitative estimate of drug-likeness (QED) is 0.401. The lowest BCUT2D eigenvalue weighted by molar-refractivity contribution is -0.432. The van der Waals surface area contributed by atoms with Gasteiger partial charge in [0.05, 0.1) is 27.9 Å². The zero-order valence-electron chi connectivity index (χ0n) is 14.9. The SMILES string of the molecule is COOC[C@@H](OOC)[C@@H](OOC)[C@@H]1OC(C)(C)O[C@H](CO)[C@H]1OC. The number of hydrogen-bond acceptors (Lipinski definition) is 10. The summed E-state index contributed by atoms with van der Waals surface area (Å²) in [5, 5.41) is 9.60. The highest BCUT2D eigenvalue weighted by molar-refractivity contribution is 4.93. The molecule has 0 unspecified atom stereocenters. The number of hydrogen-bond donors (Lipinski definition) is 1. The van der Waals surface area contributed by atoms with E-state index in [0.717, 1.165) is 0 Å². The van der Waals surface area contributed by atoms with Crippen molar-refractivity contribution in [3.8, 4) is 0 Å². The first-order valence-electron chi connectivity index (χ1n) is 7.47. The van der Waals surface area contributed by atoms with Crippen LogP contribution in [0.25, 0.3) is 0 Å². The Kier molecular flexibility index (Phi) is 9.52. The smallest absolute Gasteiger partial charge is 0.164 e. The van der Waals surface area contributed by atoms with Crippen molar-refractivity contribution in [2.75, 3.05) is 41.7 Å². The van der Waals surface area contributed by atoms with E-state index in [9.17, 15) is 5.11 Å². The average molecular weight is 356 g/mol. The topological polar surface area (TPSA) is 103 Å². The highest BCUT2D eigenvalue weighted by Gasteiger charge is 2.50. The van der Waals surface area contributed by atoms with Gasteiger partial charge in [0.2, 0.25) is 0 Å². The van der Waals surface area contributed by atoms with Crippen molar-refractivity contribution >= 4 is 0 Å². The molecule has 1 fully saturated rings. The van der Waals surface area contributed by atoms with Gasteiger partial charge in [-0.25, -0.2) is 29.3 Å². The van der Waals surface area contributed by atoms with Crippen LogP contribution in [-0.2, 0) is 43.5 Å². The molecular weight excluding hydrogens is 328 g/mol. The minimum atomic E-state index is -0.984. The van der Waals surface area contributed by atoms with E-state index in [4.69, 9.17) is 38.6 Å². The van der Waals surface area contributed by atoms with E-state index in [1.165, 1.54) is 28.4 Å². The van der Waals surface area contributed by atoms with E-state index in [2.05, 4.69) is 4.89 Å². The van der Waals surface area contributed by atoms with Crippen LogP contribution < -0.4 is 0 Å². The van der Waals surface area contributed by atoms with E-state index in [1.54, 1.807) is 13.8 Å². The van der Waals surface area contributed by atoms with Gasteiger partial charge in [-0.15, -0.1) is 0 Å². The van der Waals surface area contributed by atoms with Gasteiger partial charge in [0.1, 0.15) is 24.9 Å². The molecule has 0 radical (unpaired) electrons. The highest BCUT2D eigenvalue weighted by atomic mass is 17.2. The van der Waals surface area contributed by atoms with E-state index < -0.39 is 36.3 Å². The summed E-state index contributed by atoms with van der Waals surface area (Å²) in [5.41, 5.74) is 0. The van der Waals surface area contributed by atoms with Gasteiger partial charge in [-0.05, 0) is 13.8 Å². The molecule has 0 spiro atoms. The van der Waals surface area contributed by atoms with Gasteiger partial charge in [0.15, 0.2) is 18.0 Å². The normalized spacial score (nSPS) is 29.4. The lowest BCUT2D eigenvalue weighted by Gasteiger charge is -2.47. The second-order valence-corrected chi connectivity index (χ2v) is 5.50. The number of aliphatic hydroxyl groups excluding tert-OH is 1. The molecule has 24 heavy (non-hydrogen) atoms. The van der Waals surface area contributed by atoms with Gasteiger partial charge in [-0.2, -0.15) is 0 Å². The molecule has 0 aliphatic carbocycles. The molecule has 10 nitrogen and oxygen atoms in total. The summed E-state index contributed by atoms with van der Waals surface area (Å²) in [7, 11) is 5.55. The number of ether oxygens (including phenoxy) is 3. The van der Waals surface area contributed by atoms with Crippen LogP contribution in [0.15, 0.2) is 0 Å². The third kappa shape index (κ3) is 5.85. The predicted molar refractivity (Wildman–Crippen MR) is 78.4 cm³/mol. The van der Waals surface area contributed by atoms with Crippen molar-refractivity contribution in [2.24, 2.45) is 0 Å². The maximum Gasteiger partial charge on any atom is 0.164 e. The lowest BCUT2D eigenvalue weighted by Crippen LogP contribution is -2.62. The van der Waals surface area contributed by atoms with Crippen molar-refractivity contribution in [1.29, 1.82) is 0 Å². The highest BCUT2D eigenvalue weighted by Crippen LogP contribution is 2.32. The Morgan fingerprint density at radius 3 is 2.17 bits per heavy atom. The Morgan fingerprint density at radius 2 is 1.67 bits per heavy atom. The van der Waals surface area contributed by atoms with Gasteiger partial charge in [-0.3, -0.25) is 0 Å². The minimum Gasteiger partial charge on any atom is -0.394 e. The molecule has 0 aromatic rings. The Balaban J connectivity index is 3.06. The second-order valence-electron chi connectivity index (χ2n) is 5.50. The van der Waals surface area contributed by atoms with Crippen LogP contribution in [0, 0.1) is 0 Å². The molecule has 144 valence electrons. The van der Waals surface area contributed by atoms with Crippen LogP contribution in [0.1, 0.15) is 13.8 Å². The molecule has 1 heterocycles. The van der Waals surface area contributed by atoms with Crippen LogP contribution in [0.4, 0.5) is 0 Å². The Bertz CT molecular complexity index is 340. The third-order valence-corrected chi connectivity index (χ3v) is 3.46. The number of aliphatic hydroxyl groups is 1. The molecule has 0 saturated carbocycles. The molecule has 1 aliphatic rings. The molecule has 0 aromatic carbocycles. The number of methoxy groups -OCH3 is 1. The van der Waals surface area contributed by atoms with Crippen molar-refractivity contribution in [3.05, 3.63) is 0 Å². The Labute approximate surface area is 141 Å². The summed E-state index contributed by atoms with van der Waals surface area (Å²) in [5.74, 6) is -0.984. The van der Waals surface area contributed by atoms with Crippen LogP contribution in [0.5, 0.6) is 0 Å². The van der Waals surface area contributed by atoms with Gasteiger partial charge >= 0.3 is 0 Å². The summed E-state index contributed by atoms with van der Waals surface area (Å²) >= 11 is 0. The fraction of sp³-hybridized carbons (Fsp3) is 1.00. The molecule has 0 bridgehead atoms. The number of rotatable bonds is 11. The summed E-state index contributed by atoms with van der Waals surface area (Å²) in [6.45, 7) is 3.15. The monoisotopic (exact) mass is 356 g/mol. The van der Waals surface area contributed by atoms with Crippen molar-refractivity contribution in [3.63, 3.8) is 0 Å². The molecule has 0 amide bonds. The maximum atomic E-state index is 9.60. The largest absolute Gasteiger partial charge is 0.394 e. The van der Waals surface area contributed by atoms with Gasteiger partial charge in [0.25, 0.3) is 0 Å². The van der Waals surface area contributed by atoms with Crippen LogP contribution >= 0.6 is 0 Å². The van der Waals surface area contributed by atoms with E-state index in [0.29, 0.717) is 0 Å². The average Bonchev–Trinajstić information content (AvgIpc) is 2.55. The molecule has 1 N–H and O–H groups in total. The minimum absolute atomic E-state index is 0.0280. The summed E-state index contributed by atoms with van der Waals surface area (Å²) in [6.07, 6.45) is -3.58. The standard InChI is InChI=1S/C14H28O10/c1-14(2)21-9(7-15)11(16-3)13(22-14)12(24-19-6)10(23-18-5)8-20-17-4/h9-13,15H,7-8H2,1-6H3/t9-,10-,11-,12-,13-/m1/s1. The predicted octanol–water partition coefficient (Wildman–Crippen LogP) is -0.0150. The Hall–Kier alpha value is -0.400. The van der Waals surface area contributed by atoms with Crippen molar-refractivity contribution in [1.82, 2.24) is 0 Å². The summed E-state index contributed by atoms with van der Waals surface area (Å²) in [6, 6.07) is 0. The molecule has 0 aromatic heterocycles. The molecule has 5 atom stereocenters. The van der Waals surface area contributed by atoms with E-state index in [-0.39, 0.29) is 13.2 Å². The summed E-state index contributed by atoms with van der Waals surface area (Å²) in [4.78, 5) is 29.6. The van der Waals surface area contributed by atoms with Crippen LogP contribution in [0.3, 0.4) is 0 Å². The van der Waals surface area contributed by atoms with Gasteiger partial charge < -0.3 is 19.3 Å². The van der Waals surface area contributed by atoms with Gasteiger partial charge in [0, 0.05) is 7.11 Å². The van der Waals surface area contributed by atoms with Crippen molar-refractivity contribution in [2.45, 2.75) is 50.2 Å². The van der Waals surface area contributed by atoms with Crippen molar-refractivity contribution < 1.29 is 48.6 Å². The van der Waals surface area contributed by atoms with Crippen LogP contribution in [0.2, 0.25) is 0 Å². The first-order valence-corrected chi connectivity index (χ1v) is 7.47. The third-order valence-electron chi connectivity index (χ3n) is 3.46. The van der Waals surface area contributed by atoms with Gasteiger partial charge in [-0.1, -0.05) is 0 Å². The fourth-order valence-electron chi connectivity index (χ4n) is 2.62. The lowest BCUT2D eigenvalue weighted by atomic mass is 9.97. The summed E-state index contributed by atoms with van der Waals surface area (Å²) < 4.78 is 17.1. The zero-order valence-corrected chi connectivity index (χ0v) is 14.9. The molecule has 1 saturated heterocycles. The first-order chi connectivity index (χ1) is 11.4. The second kappa shape index (κ2) is 10.6. The van der Waals surface area contributed by atoms with E-state index in [1.807, 2.05) is 0 Å². The Morgan fingerprint density at radius 1 is 1.00 bits per heavy atom. The molecule has 10 heteroatoms. The molecule has 1 aliphatic heterocycles. The van der Waals surface area contributed by atoms with Crippen LogP contribution in [-0.4, -0.2) is 83.1 Å². The van der Waals surface area contributed by atoms with E-state index >= 15 is 0 Å². The zero-order chi connectivity index (χ0) is 18.2. The molecule has 1 rings (SSSR count). The maximum absolute atomic E-state index is 9.60. The molecular formula is C14H28O10.